The molecule has 1 heterocycles. The molecule has 0 aliphatic carbocycles. The van der Waals surface area contributed by atoms with Crippen molar-refractivity contribution in [3.63, 3.8) is 0 Å². The Morgan fingerprint density at radius 1 is 0.708 bits per heavy atom. The second-order valence-corrected chi connectivity index (χ2v) is 7.28. The van der Waals surface area contributed by atoms with Crippen LogP contribution in [0.25, 0.3) is 25.1 Å². The molecule has 1 atom stereocenters. The van der Waals surface area contributed by atoms with Crippen LogP contribution in [0.2, 0.25) is 0 Å². The number of thiophene rings is 1. The molecule has 0 spiro atoms. The lowest BCUT2D eigenvalue weighted by atomic mass is 10.1. The zero-order chi connectivity index (χ0) is 16.7. The molecule has 0 aliphatic heterocycles. The van der Waals surface area contributed by atoms with Gasteiger partial charge in [-0.25, -0.2) is 0 Å². The maximum Gasteiger partial charge on any atom is 0.573 e. The van der Waals surface area contributed by atoms with E-state index in [1.165, 1.54) is 12.1 Å². The predicted molar refractivity (Wildman–Crippen MR) is 92.0 cm³/mol. The number of hydrogen-bond acceptors (Lipinski definition) is 1. The van der Waals surface area contributed by atoms with E-state index in [4.69, 9.17) is 0 Å². The summed E-state index contributed by atoms with van der Waals surface area (Å²) < 4.78 is 43.8. The lowest BCUT2D eigenvalue weighted by molar-refractivity contribution is -0.274. The van der Waals surface area contributed by atoms with E-state index in [0.29, 0.717) is 0 Å². The Kier molecular flexibility index (Phi) is 3.46. The second-order valence-electron chi connectivity index (χ2n) is 5.32. The summed E-state index contributed by atoms with van der Waals surface area (Å²) in [6, 6.07) is 22.5. The van der Waals surface area contributed by atoms with Gasteiger partial charge >= 0.3 is 6.36 Å². The van der Waals surface area contributed by atoms with Crippen LogP contribution in [0.3, 0.4) is 0 Å². The van der Waals surface area contributed by atoms with E-state index in [1.54, 1.807) is 6.07 Å². The number of benzene rings is 3. The highest BCUT2D eigenvalue weighted by molar-refractivity contribution is 7.50. The first kappa shape index (κ1) is 15.0. The summed E-state index contributed by atoms with van der Waals surface area (Å²) in [6.07, 6.45) is -4.69. The third-order valence-corrected chi connectivity index (χ3v) is 6.12. The quantitative estimate of drug-likeness (QED) is 0.371. The summed E-state index contributed by atoms with van der Waals surface area (Å²) >= 11 is 0. The molecular weight excluding hydrogens is 333 g/mol. The lowest BCUT2D eigenvalue weighted by Crippen LogP contribution is -2.16. The fourth-order valence-corrected chi connectivity index (χ4v) is 5.27. The number of alkyl halides is 3. The Hall–Kier alpha value is -2.53. The first-order chi connectivity index (χ1) is 11.5. The maximum absolute atomic E-state index is 12.5. The summed E-state index contributed by atoms with van der Waals surface area (Å²) in [4.78, 5) is 1.15. The zero-order valence-electron chi connectivity index (χ0n) is 12.4. The average molecular weight is 345 g/mol. The smallest absolute Gasteiger partial charge is 0.406 e. The van der Waals surface area contributed by atoms with Crippen molar-refractivity contribution in [2.75, 3.05) is 0 Å². The van der Waals surface area contributed by atoms with Crippen LogP contribution in [0.5, 0.6) is 5.75 Å². The first-order valence-corrected chi connectivity index (χ1v) is 8.54. The molecule has 0 aliphatic rings. The van der Waals surface area contributed by atoms with Crippen LogP contribution in [0.4, 0.5) is 13.2 Å². The summed E-state index contributed by atoms with van der Waals surface area (Å²) in [5.41, 5.74) is 0. The Morgan fingerprint density at radius 3 is 2.12 bits per heavy atom. The molecular formula is C19H12F3OS+. The second kappa shape index (κ2) is 5.53. The standard InChI is InChI=1S/C19H12F3OS/c20-19(21,22)23-13-10-11-18-16(12-13)15-8-4-5-9-17(15)24(18)14-6-2-1-3-7-14/h1-12H/q+1. The van der Waals surface area contributed by atoms with Crippen molar-refractivity contribution < 1.29 is 17.9 Å². The fraction of sp³-hybridized carbons (Fsp3) is 0.0526. The molecule has 1 aromatic heterocycles. The molecule has 120 valence electrons. The Morgan fingerprint density at radius 2 is 1.38 bits per heavy atom. The number of ether oxygens (including phenoxy) is 1. The van der Waals surface area contributed by atoms with Crippen LogP contribution in [0.1, 0.15) is 0 Å². The number of rotatable bonds is 2. The van der Waals surface area contributed by atoms with Crippen LogP contribution in [-0.2, 0) is 0 Å². The highest BCUT2D eigenvalue weighted by atomic mass is 32.2. The number of fused-ring (bicyclic) bond motifs is 3. The van der Waals surface area contributed by atoms with Gasteiger partial charge in [0.15, 0.2) is 14.3 Å². The van der Waals surface area contributed by atoms with Crippen molar-refractivity contribution in [3.8, 4) is 10.6 Å². The van der Waals surface area contributed by atoms with Crippen molar-refractivity contribution in [1.82, 2.24) is 0 Å². The maximum atomic E-state index is 12.5. The summed E-state index contributed by atoms with van der Waals surface area (Å²) in [5, 5.41) is 1.77. The van der Waals surface area contributed by atoms with Gasteiger partial charge in [0.2, 0.25) is 0 Å². The Balaban J connectivity index is 2.02. The molecule has 0 N–H and O–H groups in total. The minimum Gasteiger partial charge on any atom is -0.406 e. The molecule has 4 aromatic rings. The van der Waals surface area contributed by atoms with Crippen molar-refractivity contribution in [1.29, 1.82) is 0 Å². The molecule has 0 saturated carbocycles. The largest absolute Gasteiger partial charge is 0.573 e. The third kappa shape index (κ3) is 2.61. The van der Waals surface area contributed by atoms with Crippen LogP contribution in [0, 0.1) is 0 Å². The lowest BCUT2D eigenvalue weighted by Gasteiger charge is -2.07. The van der Waals surface area contributed by atoms with Gasteiger partial charge < -0.3 is 4.74 Å². The van der Waals surface area contributed by atoms with E-state index in [2.05, 4.69) is 16.9 Å². The molecule has 1 unspecified atom stereocenters. The SMILES string of the molecule is FC(F)(F)Oc1ccc2c(c1)c1ccccc1[s+]2-c1ccccc1. The topological polar surface area (TPSA) is 9.23 Å². The van der Waals surface area contributed by atoms with E-state index in [-0.39, 0.29) is 16.2 Å². The van der Waals surface area contributed by atoms with E-state index in [0.717, 1.165) is 25.1 Å². The van der Waals surface area contributed by atoms with Gasteiger partial charge in [0.05, 0.1) is 5.39 Å². The van der Waals surface area contributed by atoms with E-state index in [9.17, 15) is 13.2 Å². The molecule has 4 rings (SSSR count). The third-order valence-electron chi connectivity index (χ3n) is 3.78. The van der Waals surface area contributed by atoms with Crippen molar-refractivity contribution in [2.24, 2.45) is 0 Å². The van der Waals surface area contributed by atoms with Gasteiger partial charge in [-0.3, -0.25) is 0 Å². The molecule has 24 heavy (non-hydrogen) atoms. The molecule has 0 bridgehead atoms. The molecule has 0 saturated heterocycles. The van der Waals surface area contributed by atoms with Crippen LogP contribution in [0.15, 0.2) is 72.8 Å². The van der Waals surface area contributed by atoms with Crippen LogP contribution in [-0.4, -0.2) is 6.36 Å². The summed E-state index contributed by atoms with van der Waals surface area (Å²) in [6.45, 7) is 0. The minimum atomic E-state index is -4.69. The van der Waals surface area contributed by atoms with Gasteiger partial charge in [-0.1, -0.05) is 30.3 Å². The molecule has 0 radical (unpaired) electrons. The van der Waals surface area contributed by atoms with Crippen LogP contribution >= 0.6 is 10.5 Å². The molecule has 1 nitrogen and oxygen atoms in total. The van der Waals surface area contributed by atoms with E-state index in [1.807, 2.05) is 42.5 Å². The van der Waals surface area contributed by atoms with E-state index >= 15 is 0 Å². The van der Waals surface area contributed by atoms with Crippen molar-refractivity contribution in [3.05, 3.63) is 72.8 Å². The fourth-order valence-electron chi connectivity index (χ4n) is 2.89. The number of halogens is 3. The monoisotopic (exact) mass is 345 g/mol. The van der Waals surface area contributed by atoms with E-state index < -0.39 is 6.36 Å². The van der Waals surface area contributed by atoms with Gasteiger partial charge in [0, 0.05) is 21.9 Å². The van der Waals surface area contributed by atoms with Crippen LogP contribution < -0.4 is 4.74 Å². The molecule has 0 amide bonds. The highest BCUT2D eigenvalue weighted by Crippen LogP contribution is 2.49. The average Bonchev–Trinajstić information content (AvgIpc) is 2.88. The zero-order valence-corrected chi connectivity index (χ0v) is 13.2. The van der Waals surface area contributed by atoms with Crippen molar-refractivity contribution in [2.45, 2.75) is 6.36 Å². The van der Waals surface area contributed by atoms with Gasteiger partial charge in [-0.15, -0.1) is 13.2 Å². The van der Waals surface area contributed by atoms with Gasteiger partial charge in [0.1, 0.15) is 5.75 Å². The molecule has 0 fully saturated rings. The molecule has 5 heteroatoms. The summed E-state index contributed by atoms with van der Waals surface area (Å²) in [5.74, 6) is -0.186. The highest BCUT2D eigenvalue weighted by Gasteiger charge is 2.32. The Labute approximate surface area is 138 Å². The van der Waals surface area contributed by atoms with Gasteiger partial charge in [-0.2, -0.15) is 0 Å². The van der Waals surface area contributed by atoms with Crippen molar-refractivity contribution >= 4 is 30.6 Å². The summed E-state index contributed by atoms with van der Waals surface area (Å²) in [7, 11) is -0.309. The minimum absolute atomic E-state index is 0.186. The predicted octanol–water partition coefficient (Wildman–Crippen LogP) is 6.63. The van der Waals surface area contributed by atoms with Gasteiger partial charge in [0.25, 0.3) is 0 Å². The Bertz CT molecular complexity index is 1020. The normalized spacial score (nSPS) is 12.7. The first-order valence-electron chi connectivity index (χ1n) is 7.31. The molecule has 3 aromatic carbocycles. The van der Waals surface area contributed by atoms with Gasteiger partial charge in [-0.05, 0) is 36.4 Å². The number of hydrogen-bond donors (Lipinski definition) is 0.